The first kappa shape index (κ1) is 25.3. The van der Waals surface area contributed by atoms with Gasteiger partial charge < -0.3 is 39.6 Å². The predicted molar refractivity (Wildman–Crippen MR) is 127 cm³/mol. The average Bonchev–Trinajstić information content (AvgIpc) is 3.22. The number of fused-ring (bicyclic) bond motifs is 1. The third kappa shape index (κ3) is 5.11. The molecule has 188 valence electrons. The van der Waals surface area contributed by atoms with Crippen molar-refractivity contribution in [1.29, 1.82) is 0 Å². The minimum absolute atomic E-state index is 0.0401. The van der Waals surface area contributed by atoms with Gasteiger partial charge in [0, 0.05) is 36.7 Å². The molecule has 2 aromatic carbocycles. The van der Waals surface area contributed by atoms with Crippen LogP contribution in [0.1, 0.15) is 39.6 Å². The standard InChI is InChI=1S/C26H31NO8/c1-15-4-2-5-18-19(25-24(32)23(31)22(30)20(14-29)35-25)13-27(21(15)18)12-16-6-8-17(9-7-16)26(33)34-11-3-10-28/h2,4-9,13,20,22-25,28-32H,3,10-12,14H2,1H3/t20-,22-,23+,24-,25+/m1/s1. The lowest BCUT2D eigenvalue weighted by Crippen LogP contribution is -2.55. The van der Waals surface area contributed by atoms with E-state index in [1.165, 1.54) is 0 Å². The summed E-state index contributed by atoms with van der Waals surface area (Å²) in [6, 6.07) is 12.8. The van der Waals surface area contributed by atoms with E-state index in [-0.39, 0.29) is 13.2 Å². The van der Waals surface area contributed by atoms with E-state index in [9.17, 15) is 25.2 Å². The molecule has 0 radical (unpaired) electrons. The van der Waals surface area contributed by atoms with E-state index in [4.69, 9.17) is 14.6 Å². The minimum atomic E-state index is -1.46. The molecule has 9 heteroatoms. The fourth-order valence-corrected chi connectivity index (χ4v) is 4.54. The normalized spacial score (nSPS) is 24.6. The van der Waals surface area contributed by atoms with Gasteiger partial charge >= 0.3 is 5.97 Å². The Labute approximate surface area is 202 Å². The van der Waals surface area contributed by atoms with Crippen molar-refractivity contribution < 1.29 is 39.8 Å². The largest absolute Gasteiger partial charge is 0.462 e. The maximum absolute atomic E-state index is 12.1. The number of aliphatic hydroxyl groups is 5. The monoisotopic (exact) mass is 485 g/mol. The van der Waals surface area contributed by atoms with Gasteiger partial charge in [-0.1, -0.05) is 30.3 Å². The molecule has 4 rings (SSSR count). The number of ether oxygens (including phenoxy) is 2. The molecule has 1 fully saturated rings. The fraction of sp³-hybridized carbons (Fsp3) is 0.423. The van der Waals surface area contributed by atoms with Gasteiger partial charge in [-0.2, -0.15) is 0 Å². The number of benzene rings is 2. The molecule has 1 aliphatic rings. The van der Waals surface area contributed by atoms with Crippen LogP contribution >= 0.6 is 0 Å². The predicted octanol–water partition coefficient (Wildman–Crippen LogP) is 1.05. The van der Waals surface area contributed by atoms with Gasteiger partial charge in [0.1, 0.15) is 30.5 Å². The van der Waals surface area contributed by atoms with E-state index < -0.39 is 43.1 Å². The van der Waals surface area contributed by atoms with E-state index in [1.807, 2.05) is 48.0 Å². The van der Waals surface area contributed by atoms with Crippen molar-refractivity contribution in [3.8, 4) is 0 Å². The molecule has 1 aromatic heterocycles. The number of para-hydroxylation sites is 1. The molecule has 3 aromatic rings. The molecule has 9 nitrogen and oxygen atoms in total. The summed E-state index contributed by atoms with van der Waals surface area (Å²) in [6.45, 7) is 2.07. The fourth-order valence-electron chi connectivity index (χ4n) is 4.54. The number of aliphatic hydroxyl groups excluding tert-OH is 5. The zero-order chi connectivity index (χ0) is 25.1. The lowest BCUT2D eigenvalue weighted by molar-refractivity contribution is -0.231. The second-order valence-corrected chi connectivity index (χ2v) is 8.84. The Bertz CT molecular complexity index is 1160. The maximum atomic E-state index is 12.1. The Morgan fingerprint density at radius 3 is 2.46 bits per heavy atom. The van der Waals surface area contributed by atoms with E-state index >= 15 is 0 Å². The summed E-state index contributed by atoms with van der Waals surface area (Å²) in [5.41, 5.74) is 3.92. The SMILES string of the molecule is Cc1cccc2c([C@@H]3O[C@H](CO)[C@@H](O)[C@H](O)[C@H]3O)cn(Cc3ccc(C(=O)OCCCO)cc3)c12. The Morgan fingerprint density at radius 1 is 1.03 bits per heavy atom. The van der Waals surface area contributed by atoms with Crippen LogP contribution in [0.3, 0.4) is 0 Å². The number of aryl methyl sites for hydroxylation is 1. The Morgan fingerprint density at radius 2 is 1.77 bits per heavy atom. The van der Waals surface area contributed by atoms with Gasteiger partial charge in [0.2, 0.25) is 0 Å². The lowest BCUT2D eigenvalue weighted by Gasteiger charge is -2.40. The van der Waals surface area contributed by atoms with Crippen molar-refractivity contribution in [3.63, 3.8) is 0 Å². The van der Waals surface area contributed by atoms with Gasteiger partial charge in [-0.05, 0) is 30.2 Å². The highest BCUT2D eigenvalue weighted by Gasteiger charge is 2.44. The van der Waals surface area contributed by atoms with Crippen molar-refractivity contribution in [2.24, 2.45) is 0 Å². The number of hydrogen-bond acceptors (Lipinski definition) is 8. The molecule has 1 saturated heterocycles. The van der Waals surface area contributed by atoms with E-state index in [1.54, 1.807) is 12.1 Å². The highest BCUT2D eigenvalue weighted by Crippen LogP contribution is 2.38. The molecular formula is C26H31NO8. The van der Waals surface area contributed by atoms with Crippen molar-refractivity contribution in [1.82, 2.24) is 4.57 Å². The van der Waals surface area contributed by atoms with Gasteiger partial charge in [0.05, 0.1) is 24.3 Å². The van der Waals surface area contributed by atoms with Crippen LogP contribution in [0.2, 0.25) is 0 Å². The molecule has 0 spiro atoms. The highest BCUT2D eigenvalue weighted by atomic mass is 16.5. The summed E-state index contributed by atoms with van der Waals surface area (Å²) >= 11 is 0. The molecule has 0 saturated carbocycles. The van der Waals surface area contributed by atoms with Gasteiger partial charge in [-0.3, -0.25) is 0 Å². The molecule has 0 amide bonds. The maximum Gasteiger partial charge on any atom is 0.338 e. The number of nitrogens with zero attached hydrogens (tertiary/aromatic N) is 1. The molecule has 5 N–H and O–H groups in total. The van der Waals surface area contributed by atoms with Crippen LogP contribution in [-0.4, -0.2) is 80.3 Å². The minimum Gasteiger partial charge on any atom is -0.462 e. The number of carbonyl (C=O) groups excluding carboxylic acids is 1. The van der Waals surface area contributed by atoms with E-state index in [0.29, 0.717) is 24.1 Å². The summed E-state index contributed by atoms with van der Waals surface area (Å²) in [5.74, 6) is -0.447. The summed E-state index contributed by atoms with van der Waals surface area (Å²) in [7, 11) is 0. The molecule has 2 heterocycles. The third-order valence-electron chi connectivity index (χ3n) is 6.41. The molecule has 0 unspecified atom stereocenters. The highest BCUT2D eigenvalue weighted by molar-refractivity contribution is 5.89. The van der Waals surface area contributed by atoms with Crippen molar-refractivity contribution >= 4 is 16.9 Å². The molecule has 5 atom stereocenters. The van der Waals surface area contributed by atoms with Crippen molar-refractivity contribution in [3.05, 3.63) is 70.9 Å². The van der Waals surface area contributed by atoms with Crippen molar-refractivity contribution in [2.45, 2.75) is 50.4 Å². The second kappa shape index (κ2) is 10.9. The summed E-state index contributed by atoms with van der Waals surface area (Å²) in [4.78, 5) is 12.1. The zero-order valence-electron chi connectivity index (χ0n) is 19.4. The number of rotatable bonds is 8. The first-order chi connectivity index (χ1) is 16.8. The van der Waals surface area contributed by atoms with Crippen LogP contribution in [0, 0.1) is 6.92 Å². The molecule has 1 aliphatic heterocycles. The van der Waals surface area contributed by atoms with E-state index in [0.717, 1.165) is 22.0 Å². The smallest absolute Gasteiger partial charge is 0.338 e. The average molecular weight is 486 g/mol. The first-order valence-corrected chi connectivity index (χ1v) is 11.6. The molecule has 35 heavy (non-hydrogen) atoms. The third-order valence-corrected chi connectivity index (χ3v) is 6.41. The van der Waals surface area contributed by atoms with Gasteiger partial charge in [0.25, 0.3) is 0 Å². The first-order valence-electron chi connectivity index (χ1n) is 11.6. The number of aromatic nitrogens is 1. The summed E-state index contributed by atoms with van der Waals surface area (Å²) in [5, 5.41) is 50.4. The summed E-state index contributed by atoms with van der Waals surface area (Å²) < 4.78 is 12.9. The van der Waals surface area contributed by atoms with Crippen molar-refractivity contribution in [2.75, 3.05) is 19.8 Å². The topological polar surface area (TPSA) is 142 Å². The summed E-state index contributed by atoms with van der Waals surface area (Å²) in [6.07, 6.45) is -3.95. The quantitative estimate of drug-likeness (QED) is 0.236. The van der Waals surface area contributed by atoms with Crippen LogP contribution in [0.25, 0.3) is 10.9 Å². The van der Waals surface area contributed by atoms with Gasteiger partial charge in [0.15, 0.2) is 0 Å². The van der Waals surface area contributed by atoms with Crippen LogP contribution in [-0.2, 0) is 16.0 Å². The number of carbonyl (C=O) groups is 1. The zero-order valence-corrected chi connectivity index (χ0v) is 19.4. The molecular weight excluding hydrogens is 454 g/mol. The van der Waals surface area contributed by atoms with Crippen LogP contribution in [0.4, 0.5) is 0 Å². The number of esters is 1. The Hall–Kier alpha value is -2.79. The van der Waals surface area contributed by atoms with Gasteiger partial charge in [-0.25, -0.2) is 4.79 Å². The van der Waals surface area contributed by atoms with Gasteiger partial charge in [-0.15, -0.1) is 0 Å². The number of hydrogen-bond donors (Lipinski definition) is 5. The second-order valence-electron chi connectivity index (χ2n) is 8.84. The van der Waals surface area contributed by atoms with E-state index in [2.05, 4.69) is 0 Å². The van der Waals surface area contributed by atoms with Crippen LogP contribution in [0.5, 0.6) is 0 Å². The van der Waals surface area contributed by atoms with Crippen LogP contribution in [0.15, 0.2) is 48.7 Å². The molecule has 0 bridgehead atoms. The van der Waals surface area contributed by atoms with Crippen LogP contribution < -0.4 is 0 Å². The molecule has 0 aliphatic carbocycles. The Balaban J connectivity index is 1.63. The lowest BCUT2D eigenvalue weighted by atomic mass is 9.91. The Kier molecular flexibility index (Phi) is 7.85.